The van der Waals surface area contributed by atoms with Gasteiger partial charge in [0.25, 0.3) is 5.56 Å². The number of aromatic amines is 1. The largest absolute Gasteiger partial charge is 0.394 e. The van der Waals surface area contributed by atoms with Gasteiger partial charge in [-0.2, -0.15) is 0 Å². The molecule has 1 aromatic rings. The van der Waals surface area contributed by atoms with Crippen LogP contribution in [-0.4, -0.2) is 34.3 Å². The van der Waals surface area contributed by atoms with Gasteiger partial charge < -0.3 is 15.0 Å². The fourth-order valence-electron chi connectivity index (χ4n) is 2.10. The predicted octanol–water partition coefficient (Wildman–Crippen LogP) is -0.0230. The Morgan fingerprint density at radius 2 is 2.53 bits per heavy atom. The van der Waals surface area contributed by atoms with Crippen molar-refractivity contribution in [3.05, 3.63) is 22.7 Å². The summed E-state index contributed by atoms with van der Waals surface area (Å²) in [6.07, 6.45) is 4.06. The minimum atomic E-state index is -0.190. The van der Waals surface area contributed by atoms with E-state index in [1.807, 2.05) is 4.90 Å². The van der Waals surface area contributed by atoms with Crippen LogP contribution < -0.4 is 10.5 Å². The van der Waals surface area contributed by atoms with Crippen molar-refractivity contribution < 1.29 is 5.11 Å². The van der Waals surface area contributed by atoms with Crippen molar-refractivity contribution in [1.29, 1.82) is 0 Å². The van der Waals surface area contributed by atoms with E-state index in [2.05, 4.69) is 16.9 Å². The van der Waals surface area contributed by atoms with E-state index in [0.717, 1.165) is 13.0 Å². The molecule has 1 saturated heterocycles. The summed E-state index contributed by atoms with van der Waals surface area (Å²) < 4.78 is 0. The van der Waals surface area contributed by atoms with E-state index in [-0.39, 0.29) is 18.2 Å². The van der Waals surface area contributed by atoms with Crippen LogP contribution in [0.15, 0.2) is 17.2 Å². The molecule has 15 heavy (non-hydrogen) atoms. The summed E-state index contributed by atoms with van der Waals surface area (Å²) in [6.45, 7) is 2.93. The van der Waals surface area contributed by atoms with Gasteiger partial charge in [0.15, 0.2) is 5.82 Å². The van der Waals surface area contributed by atoms with Crippen LogP contribution >= 0.6 is 0 Å². The van der Waals surface area contributed by atoms with Crippen molar-refractivity contribution >= 4 is 5.82 Å². The fourth-order valence-corrected chi connectivity index (χ4v) is 2.10. The number of hydrogen-bond acceptors (Lipinski definition) is 4. The van der Waals surface area contributed by atoms with Gasteiger partial charge in [0, 0.05) is 18.9 Å². The smallest absolute Gasteiger partial charge is 0.290 e. The standard InChI is InChI=1S/C10H15N3O2/c1-7-2-5-13(8(7)6-14)9-10(15)12-4-3-11-9/h3-4,7-8,14H,2,5-6H2,1H3,(H,12,15). The van der Waals surface area contributed by atoms with E-state index in [9.17, 15) is 9.90 Å². The van der Waals surface area contributed by atoms with E-state index in [1.54, 1.807) is 6.20 Å². The highest BCUT2D eigenvalue weighted by molar-refractivity contribution is 5.38. The lowest BCUT2D eigenvalue weighted by molar-refractivity contribution is 0.244. The van der Waals surface area contributed by atoms with Crippen LogP contribution in [0.1, 0.15) is 13.3 Å². The quantitative estimate of drug-likeness (QED) is 0.718. The van der Waals surface area contributed by atoms with Crippen molar-refractivity contribution in [2.75, 3.05) is 18.1 Å². The van der Waals surface area contributed by atoms with Crippen LogP contribution in [0.4, 0.5) is 5.82 Å². The first-order valence-corrected chi connectivity index (χ1v) is 5.15. The van der Waals surface area contributed by atoms with Gasteiger partial charge in [0.2, 0.25) is 0 Å². The van der Waals surface area contributed by atoms with E-state index in [4.69, 9.17) is 0 Å². The Morgan fingerprint density at radius 1 is 1.73 bits per heavy atom. The van der Waals surface area contributed by atoms with Gasteiger partial charge in [0.05, 0.1) is 12.6 Å². The van der Waals surface area contributed by atoms with Gasteiger partial charge in [-0.1, -0.05) is 6.92 Å². The first kappa shape index (κ1) is 10.2. The summed E-state index contributed by atoms with van der Waals surface area (Å²) in [5.41, 5.74) is -0.190. The van der Waals surface area contributed by atoms with Crippen LogP contribution in [0, 0.1) is 5.92 Å². The van der Waals surface area contributed by atoms with Crippen LogP contribution in [0.5, 0.6) is 0 Å². The highest BCUT2D eigenvalue weighted by atomic mass is 16.3. The molecule has 2 rings (SSSR count). The minimum Gasteiger partial charge on any atom is -0.394 e. The average molecular weight is 209 g/mol. The molecular formula is C10H15N3O2. The second-order valence-corrected chi connectivity index (χ2v) is 3.95. The minimum absolute atomic E-state index is 0.0148. The molecular weight excluding hydrogens is 194 g/mol. The number of H-pyrrole nitrogens is 1. The summed E-state index contributed by atoms with van der Waals surface area (Å²) >= 11 is 0. The SMILES string of the molecule is CC1CCN(c2ncc[nH]c2=O)C1CO. The van der Waals surface area contributed by atoms with E-state index < -0.39 is 0 Å². The summed E-state index contributed by atoms with van der Waals surface area (Å²) in [5.74, 6) is 0.817. The molecule has 0 amide bonds. The van der Waals surface area contributed by atoms with Gasteiger partial charge in [-0.25, -0.2) is 4.98 Å². The van der Waals surface area contributed by atoms with Crippen LogP contribution in [0.3, 0.4) is 0 Å². The molecule has 5 heteroatoms. The third kappa shape index (κ3) is 1.74. The number of nitrogens with one attached hydrogen (secondary N) is 1. The van der Waals surface area contributed by atoms with Gasteiger partial charge in [-0.3, -0.25) is 4.79 Å². The zero-order valence-electron chi connectivity index (χ0n) is 8.68. The molecule has 0 bridgehead atoms. The van der Waals surface area contributed by atoms with Crippen LogP contribution in [-0.2, 0) is 0 Å². The Hall–Kier alpha value is -1.36. The third-order valence-corrected chi connectivity index (χ3v) is 3.03. The molecule has 2 atom stereocenters. The molecule has 0 spiro atoms. The van der Waals surface area contributed by atoms with Crippen molar-refractivity contribution in [3.63, 3.8) is 0 Å². The van der Waals surface area contributed by atoms with Crippen molar-refractivity contribution in [2.45, 2.75) is 19.4 Å². The second-order valence-electron chi connectivity index (χ2n) is 3.95. The summed E-state index contributed by atoms with van der Waals surface area (Å²) in [5, 5.41) is 9.28. The molecule has 2 N–H and O–H groups in total. The molecule has 0 aliphatic carbocycles. The molecule has 0 saturated carbocycles. The topological polar surface area (TPSA) is 69.2 Å². The molecule has 0 radical (unpaired) electrons. The Labute approximate surface area is 87.8 Å². The van der Waals surface area contributed by atoms with Gasteiger partial charge in [0.1, 0.15) is 0 Å². The van der Waals surface area contributed by atoms with E-state index in [1.165, 1.54) is 6.20 Å². The molecule has 1 aliphatic rings. The first-order chi connectivity index (χ1) is 7.24. The summed E-state index contributed by atoms with van der Waals surface area (Å²) in [7, 11) is 0. The number of aromatic nitrogens is 2. The third-order valence-electron chi connectivity index (χ3n) is 3.03. The number of aliphatic hydroxyl groups excluding tert-OH is 1. The zero-order chi connectivity index (χ0) is 10.8. The maximum Gasteiger partial charge on any atom is 0.290 e. The second kappa shape index (κ2) is 4.02. The van der Waals surface area contributed by atoms with Crippen molar-refractivity contribution in [2.24, 2.45) is 5.92 Å². The number of aliphatic hydroxyl groups is 1. The monoisotopic (exact) mass is 209 g/mol. The molecule has 1 fully saturated rings. The number of anilines is 1. The van der Waals surface area contributed by atoms with Crippen LogP contribution in [0.25, 0.3) is 0 Å². The highest BCUT2D eigenvalue weighted by Gasteiger charge is 2.32. The Kier molecular flexibility index (Phi) is 2.73. The average Bonchev–Trinajstić information content (AvgIpc) is 2.60. The Balaban J connectivity index is 2.32. The highest BCUT2D eigenvalue weighted by Crippen LogP contribution is 2.25. The Morgan fingerprint density at radius 3 is 3.20 bits per heavy atom. The maximum absolute atomic E-state index is 11.5. The number of rotatable bonds is 2. The molecule has 1 aromatic heterocycles. The maximum atomic E-state index is 11.5. The van der Waals surface area contributed by atoms with E-state index in [0.29, 0.717) is 11.7 Å². The molecule has 82 valence electrons. The first-order valence-electron chi connectivity index (χ1n) is 5.15. The number of hydrogen-bond donors (Lipinski definition) is 2. The molecule has 1 aliphatic heterocycles. The Bertz CT molecular complexity index is 390. The summed E-state index contributed by atoms with van der Waals surface area (Å²) in [4.78, 5) is 20.1. The van der Waals surface area contributed by atoms with Crippen molar-refractivity contribution in [3.8, 4) is 0 Å². The van der Waals surface area contributed by atoms with Gasteiger partial charge in [-0.05, 0) is 12.3 Å². The van der Waals surface area contributed by atoms with Crippen molar-refractivity contribution in [1.82, 2.24) is 9.97 Å². The predicted molar refractivity (Wildman–Crippen MR) is 56.9 cm³/mol. The zero-order valence-corrected chi connectivity index (χ0v) is 8.68. The molecule has 5 nitrogen and oxygen atoms in total. The van der Waals surface area contributed by atoms with Crippen LogP contribution in [0.2, 0.25) is 0 Å². The molecule has 0 aromatic carbocycles. The molecule has 2 heterocycles. The fraction of sp³-hybridized carbons (Fsp3) is 0.600. The summed E-state index contributed by atoms with van der Waals surface area (Å²) in [6, 6.07) is 0.0148. The van der Waals surface area contributed by atoms with Gasteiger partial charge in [-0.15, -0.1) is 0 Å². The molecule has 2 unspecified atom stereocenters. The van der Waals surface area contributed by atoms with E-state index >= 15 is 0 Å². The lowest BCUT2D eigenvalue weighted by Gasteiger charge is -2.24. The normalized spacial score (nSPS) is 25.9. The van der Waals surface area contributed by atoms with Gasteiger partial charge >= 0.3 is 0 Å². The lowest BCUT2D eigenvalue weighted by Crippen LogP contribution is -2.38. The number of nitrogens with zero attached hydrogens (tertiary/aromatic N) is 2. The lowest BCUT2D eigenvalue weighted by atomic mass is 10.0.